The van der Waals surface area contributed by atoms with Crippen LogP contribution >= 0.6 is 15.9 Å². The summed E-state index contributed by atoms with van der Waals surface area (Å²) in [6, 6.07) is 33.9. The Bertz CT molecular complexity index is 4160. The number of pyridine rings is 4. The molecular formula is C65H64BrF2N13O7. The third kappa shape index (κ3) is 16.2. The SMILES string of the molecule is C1=Cc2cccnc2C1.CCOC(=O)CBr.CCOC(=O)Cn1ccc2cccnc21.Fc1ccc(-n2ncc3c2CCCN3)cc1.O=C(Cn1ccc2cccnc21)N1CCCc2c1cnn2-c1ccc(F)cc1.O=C(O)Cn1ccc2cccnc21. The molecule has 20 nitrogen and oxygen atoms in total. The highest BCUT2D eigenvalue weighted by Gasteiger charge is 2.27. The fourth-order valence-electron chi connectivity index (χ4n) is 9.90. The van der Waals surface area contributed by atoms with Gasteiger partial charge in [0.25, 0.3) is 0 Å². The van der Waals surface area contributed by atoms with E-state index < -0.39 is 5.97 Å². The number of nitrogens with one attached hydrogen (secondary N) is 1. The first-order chi connectivity index (χ1) is 42.9. The topological polar surface area (TPSA) is 224 Å². The predicted molar refractivity (Wildman–Crippen MR) is 335 cm³/mol. The van der Waals surface area contributed by atoms with Crippen molar-refractivity contribution in [1.29, 1.82) is 0 Å². The van der Waals surface area contributed by atoms with Crippen molar-refractivity contribution >= 4 is 90.3 Å². The van der Waals surface area contributed by atoms with Crippen LogP contribution in [0.5, 0.6) is 0 Å². The lowest BCUT2D eigenvalue weighted by Crippen LogP contribution is -2.37. The Morgan fingerprint density at radius 1 is 0.602 bits per heavy atom. The molecule has 3 aliphatic rings. The Balaban J connectivity index is 0.000000133. The second-order valence-corrected chi connectivity index (χ2v) is 20.4. The summed E-state index contributed by atoms with van der Waals surface area (Å²) in [5.74, 6) is -1.80. The normalized spacial score (nSPS) is 12.4. The largest absolute Gasteiger partial charge is 0.480 e. The summed E-state index contributed by atoms with van der Waals surface area (Å²) in [6.45, 7) is 6.51. The highest BCUT2D eigenvalue weighted by molar-refractivity contribution is 9.09. The van der Waals surface area contributed by atoms with Crippen LogP contribution in [0.4, 0.5) is 20.2 Å². The van der Waals surface area contributed by atoms with Crippen LogP contribution < -0.4 is 10.2 Å². The number of rotatable bonds is 11. The molecule has 1 amide bonds. The number of aromatic nitrogens is 11. The molecule has 0 atom stereocenters. The number of alkyl halides is 1. The van der Waals surface area contributed by atoms with Crippen LogP contribution in [0.15, 0.2) is 177 Å². The van der Waals surface area contributed by atoms with Crippen LogP contribution in [0.2, 0.25) is 0 Å². The van der Waals surface area contributed by atoms with E-state index in [1.165, 1.54) is 41.2 Å². The first-order valence-electron chi connectivity index (χ1n) is 28.5. The van der Waals surface area contributed by atoms with Crippen LogP contribution in [-0.2, 0) is 67.5 Å². The number of halogens is 3. The smallest absolute Gasteiger partial charge is 0.325 e. The molecule has 2 N–H and O–H groups in total. The van der Waals surface area contributed by atoms with E-state index in [2.05, 4.69) is 74.3 Å². The molecular weight excluding hydrogens is 1190 g/mol. The van der Waals surface area contributed by atoms with Gasteiger partial charge in [0.1, 0.15) is 53.5 Å². The number of fused-ring (bicyclic) bond motifs is 6. The zero-order valence-electron chi connectivity index (χ0n) is 48.4. The number of anilines is 2. The van der Waals surface area contributed by atoms with E-state index in [4.69, 9.17) is 9.84 Å². The summed E-state index contributed by atoms with van der Waals surface area (Å²) in [5, 5.41) is 24.0. The van der Waals surface area contributed by atoms with Gasteiger partial charge in [-0.2, -0.15) is 10.2 Å². The van der Waals surface area contributed by atoms with Crippen molar-refractivity contribution in [2.45, 2.75) is 65.6 Å². The zero-order chi connectivity index (χ0) is 61.8. The van der Waals surface area contributed by atoms with Gasteiger partial charge in [-0.05, 0) is 154 Å². The molecule has 2 aromatic carbocycles. The molecule has 0 saturated carbocycles. The summed E-state index contributed by atoms with van der Waals surface area (Å²) in [4.78, 5) is 63.6. The van der Waals surface area contributed by atoms with E-state index in [9.17, 15) is 28.0 Å². The van der Waals surface area contributed by atoms with Gasteiger partial charge in [0, 0.05) is 79.0 Å². The minimum Gasteiger partial charge on any atom is -0.480 e. The van der Waals surface area contributed by atoms with Crippen molar-refractivity contribution in [1.82, 2.24) is 53.2 Å². The highest BCUT2D eigenvalue weighted by atomic mass is 79.9. The lowest BCUT2D eigenvalue weighted by atomic mass is 10.1. The van der Waals surface area contributed by atoms with Crippen LogP contribution in [-0.4, -0.2) is 114 Å². The van der Waals surface area contributed by atoms with E-state index in [1.54, 1.807) is 87.8 Å². The molecule has 0 spiro atoms. The number of ether oxygens (including phenoxy) is 2. The second-order valence-electron chi connectivity index (χ2n) is 19.8. The molecule has 14 rings (SSSR count). The molecule has 0 saturated heterocycles. The Morgan fingerprint density at radius 2 is 1.11 bits per heavy atom. The summed E-state index contributed by atoms with van der Waals surface area (Å²) in [7, 11) is 0. The Morgan fingerprint density at radius 3 is 1.66 bits per heavy atom. The minimum atomic E-state index is -0.858. The van der Waals surface area contributed by atoms with Crippen molar-refractivity contribution < 1.29 is 42.5 Å². The molecule has 452 valence electrons. The second kappa shape index (κ2) is 30.8. The molecule has 1 aliphatic carbocycles. The predicted octanol–water partition coefficient (Wildman–Crippen LogP) is 11.0. The number of amides is 1. The zero-order valence-corrected chi connectivity index (χ0v) is 50.0. The first kappa shape index (κ1) is 62.4. The van der Waals surface area contributed by atoms with Gasteiger partial charge in [-0.1, -0.05) is 34.1 Å². The number of carboxylic acids is 1. The number of carbonyl (C=O) groups excluding carboxylic acids is 3. The third-order valence-electron chi connectivity index (χ3n) is 13.9. The number of carbonyl (C=O) groups is 4. The molecule has 2 aliphatic heterocycles. The molecule has 88 heavy (non-hydrogen) atoms. The molecule has 11 aromatic rings. The van der Waals surface area contributed by atoms with Gasteiger partial charge in [0.2, 0.25) is 5.91 Å². The number of hydrogen-bond acceptors (Lipinski definition) is 13. The minimum absolute atomic E-state index is 0.00255. The number of esters is 2. The number of benzene rings is 2. The summed E-state index contributed by atoms with van der Waals surface area (Å²) in [5.41, 5.74) is 10.6. The summed E-state index contributed by atoms with van der Waals surface area (Å²) >= 11 is 2.94. The quantitative estimate of drug-likeness (QED) is 0.0908. The lowest BCUT2D eigenvalue weighted by molar-refractivity contribution is -0.144. The van der Waals surface area contributed by atoms with E-state index >= 15 is 0 Å². The number of allylic oxidation sites excluding steroid dienone is 1. The third-order valence-corrected chi connectivity index (χ3v) is 14.3. The van der Waals surface area contributed by atoms with E-state index in [-0.39, 0.29) is 49.1 Å². The van der Waals surface area contributed by atoms with Crippen molar-refractivity contribution in [3.8, 4) is 11.4 Å². The van der Waals surface area contributed by atoms with Crippen molar-refractivity contribution in [3.63, 3.8) is 0 Å². The molecule has 0 bridgehead atoms. The Hall–Kier alpha value is -10.2. The maximum Gasteiger partial charge on any atom is 0.325 e. The average molecular weight is 1260 g/mol. The summed E-state index contributed by atoms with van der Waals surface area (Å²) < 4.78 is 44.4. The van der Waals surface area contributed by atoms with Crippen molar-refractivity contribution in [2.75, 3.05) is 41.9 Å². The Labute approximate surface area is 513 Å². The van der Waals surface area contributed by atoms with Gasteiger partial charge in [-0.3, -0.25) is 24.2 Å². The van der Waals surface area contributed by atoms with Crippen LogP contribution in [0.1, 0.15) is 49.3 Å². The maximum absolute atomic E-state index is 13.2. The van der Waals surface area contributed by atoms with E-state index in [0.29, 0.717) is 30.7 Å². The molecule has 0 radical (unpaired) electrons. The fourth-order valence-corrected chi connectivity index (χ4v) is 10.1. The monoisotopic (exact) mass is 1260 g/mol. The van der Waals surface area contributed by atoms with Gasteiger partial charge in [-0.25, -0.2) is 33.1 Å². The Kier molecular flexibility index (Phi) is 21.8. The highest BCUT2D eigenvalue weighted by Crippen LogP contribution is 2.30. The summed E-state index contributed by atoms with van der Waals surface area (Å²) in [6.07, 6.45) is 25.0. The van der Waals surface area contributed by atoms with Gasteiger partial charge in [0.05, 0.1) is 65.4 Å². The van der Waals surface area contributed by atoms with E-state index in [0.717, 1.165) is 94.5 Å². The number of hydrogen-bond donors (Lipinski definition) is 2. The standard InChI is InChI=1S/C21H18FN5O.C12H12FN3.C11H12N2O2.C9H8N2O2.C8H7N.C4H7BrO2/c22-16-5-7-17(8-6-16)27-18-4-2-11-26(19(18)13-24-27)20(28)14-25-12-9-15-3-1-10-23-21(15)25;13-9-3-5-10(6-4-9)16-12-2-1-7-14-11(12)8-15-16;1-2-15-10(14)8-13-7-5-9-4-3-6-12-11(9)13;12-8(13)6-11-5-3-7-2-1-4-10-9(7)11;1-3-7-4-2-6-9-8(7)5-1;1-2-7-4(6)3-5/h1,3,5-10,12-13H,2,4,11,14H2;3-6,8,14H,1-2,7H2;3-7H,2,8H2,1H3;1-5H,6H2,(H,12,13);1-4,6H,5H2;2-3H2,1H3. The molecule has 11 heterocycles. The molecule has 23 heteroatoms. The fraction of sp³-hybridized carbons (Fsp3) is 0.231. The molecule has 0 fully saturated rings. The number of aliphatic carboxylic acids is 1. The maximum atomic E-state index is 13.2. The van der Waals surface area contributed by atoms with Crippen molar-refractivity contribution in [2.24, 2.45) is 0 Å². The average Bonchev–Trinajstić information content (AvgIpc) is 3.99. The van der Waals surface area contributed by atoms with Gasteiger partial charge in [-0.15, -0.1) is 0 Å². The lowest BCUT2D eigenvalue weighted by Gasteiger charge is -2.27. The van der Waals surface area contributed by atoms with Crippen LogP contribution in [0.25, 0.3) is 50.6 Å². The van der Waals surface area contributed by atoms with Crippen molar-refractivity contribution in [3.05, 3.63) is 211 Å². The number of nitrogens with zero attached hydrogens (tertiary/aromatic N) is 12. The molecule has 0 unspecified atom stereocenters. The van der Waals surface area contributed by atoms with Crippen LogP contribution in [0, 0.1) is 11.6 Å². The van der Waals surface area contributed by atoms with E-state index in [1.807, 2.05) is 94.7 Å². The van der Waals surface area contributed by atoms with Crippen LogP contribution in [0.3, 0.4) is 0 Å². The number of carboxylic acid groups (broad SMARTS) is 1. The first-order valence-corrected chi connectivity index (χ1v) is 29.6. The van der Waals surface area contributed by atoms with Gasteiger partial charge in [0.15, 0.2) is 0 Å². The van der Waals surface area contributed by atoms with Gasteiger partial charge >= 0.3 is 17.9 Å². The molecule has 9 aromatic heterocycles. The van der Waals surface area contributed by atoms with Gasteiger partial charge < -0.3 is 38.5 Å².